The van der Waals surface area contributed by atoms with Crippen molar-refractivity contribution in [3.05, 3.63) is 63.6 Å². The fraction of sp³-hybridized carbons (Fsp3) is 0.143. The highest BCUT2D eigenvalue weighted by Crippen LogP contribution is 2.31. The lowest BCUT2D eigenvalue weighted by atomic mass is 10.2. The monoisotopic (exact) mass is 390 g/mol. The quantitative estimate of drug-likeness (QED) is 0.650. The van der Waals surface area contributed by atoms with Gasteiger partial charge in [0.2, 0.25) is 0 Å². The zero-order valence-corrected chi connectivity index (χ0v) is 13.0. The molecule has 0 spiro atoms. The molecule has 5 heteroatoms. The summed E-state index contributed by atoms with van der Waals surface area (Å²) in [6, 6.07) is 8.94. The van der Waals surface area contributed by atoms with E-state index in [4.69, 9.17) is 4.74 Å². The zero-order chi connectivity index (χ0) is 13.8. The Kier molecular flexibility index (Phi) is 4.93. The number of para-hydroxylation sites is 1. The Hall–Kier alpha value is -0.940. The molecule has 0 saturated heterocycles. The number of ether oxygens (including phenoxy) is 1. The Labute approximate surface area is 126 Å². The van der Waals surface area contributed by atoms with Crippen molar-refractivity contribution in [3.8, 4) is 5.75 Å². The molecule has 0 radical (unpaired) electrons. The highest BCUT2D eigenvalue weighted by atomic mass is 79.9. The molecule has 0 aliphatic carbocycles. The maximum atomic E-state index is 13.5. The second kappa shape index (κ2) is 6.48. The fourth-order valence-corrected chi connectivity index (χ4v) is 2.59. The molecule has 0 atom stereocenters. The summed E-state index contributed by atoms with van der Waals surface area (Å²) in [5.74, 6) is -0.329. The van der Waals surface area contributed by atoms with Crippen LogP contribution in [0.3, 0.4) is 0 Å². The van der Waals surface area contributed by atoms with Gasteiger partial charge in [-0.1, -0.05) is 28.1 Å². The van der Waals surface area contributed by atoms with Crippen molar-refractivity contribution in [2.75, 3.05) is 0 Å². The van der Waals surface area contributed by atoms with Crippen LogP contribution in [-0.2, 0) is 11.9 Å². The van der Waals surface area contributed by atoms with Gasteiger partial charge in [-0.05, 0) is 40.2 Å². The van der Waals surface area contributed by atoms with Crippen LogP contribution >= 0.6 is 31.9 Å². The van der Waals surface area contributed by atoms with E-state index in [-0.39, 0.29) is 12.2 Å². The van der Waals surface area contributed by atoms with E-state index in [1.165, 1.54) is 0 Å². The van der Waals surface area contributed by atoms with Crippen molar-refractivity contribution in [1.82, 2.24) is 0 Å². The lowest BCUT2D eigenvalue weighted by Crippen LogP contribution is -2.01. The third kappa shape index (κ3) is 3.54. The maximum Gasteiger partial charge on any atom is 0.138 e. The van der Waals surface area contributed by atoms with Gasteiger partial charge in [0.25, 0.3) is 0 Å². The van der Waals surface area contributed by atoms with Crippen molar-refractivity contribution in [2.45, 2.75) is 11.9 Å². The van der Waals surface area contributed by atoms with E-state index in [0.29, 0.717) is 11.1 Å². The summed E-state index contributed by atoms with van der Waals surface area (Å²) >= 11 is 6.74. The van der Waals surface area contributed by atoms with Crippen LogP contribution in [-0.4, -0.2) is 0 Å². The standard InChI is InChI=1S/C14H10Br2F2O/c15-7-9-2-1-3-12(16)14(9)19-8-10-6-11(17)4-5-13(10)18/h1-6H,7-8H2. The molecule has 0 aliphatic heterocycles. The summed E-state index contributed by atoms with van der Waals surface area (Å²) in [6.07, 6.45) is 0. The fourth-order valence-electron chi connectivity index (χ4n) is 1.62. The Bertz CT molecular complexity index is 588. The molecule has 19 heavy (non-hydrogen) atoms. The highest BCUT2D eigenvalue weighted by molar-refractivity contribution is 9.10. The first-order valence-electron chi connectivity index (χ1n) is 5.52. The second-order valence-corrected chi connectivity index (χ2v) is 5.30. The predicted molar refractivity (Wildman–Crippen MR) is 77.5 cm³/mol. The van der Waals surface area contributed by atoms with Gasteiger partial charge in [-0.15, -0.1) is 0 Å². The molecule has 1 nitrogen and oxygen atoms in total. The van der Waals surface area contributed by atoms with Crippen LogP contribution in [0.2, 0.25) is 0 Å². The van der Waals surface area contributed by atoms with Gasteiger partial charge >= 0.3 is 0 Å². The van der Waals surface area contributed by atoms with Gasteiger partial charge in [0, 0.05) is 16.5 Å². The van der Waals surface area contributed by atoms with E-state index < -0.39 is 11.6 Å². The van der Waals surface area contributed by atoms with E-state index in [0.717, 1.165) is 28.2 Å². The topological polar surface area (TPSA) is 9.23 Å². The van der Waals surface area contributed by atoms with Crippen molar-refractivity contribution < 1.29 is 13.5 Å². The molecular weight excluding hydrogens is 382 g/mol. The average Bonchev–Trinajstić information content (AvgIpc) is 2.40. The second-order valence-electron chi connectivity index (χ2n) is 3.89. The highest BCUT2D eigenvalue weighted by Gasteiger charge is 2.10. The Morgan fingerprint density at radius 3 is 2.58 bits per heavy atom. The lowest BCUT2D eigenvalue weighted by Gasteiger charge is -2.12. The molecule has 0 amide bonds. The lowest BCUT2D eigenvalue weighted by molar-refractivity contribution is 0.295. The summed E-state index contributed by atoms with van der Waals surface area (Å²) in [7, 11) is 0. The predicted octanol–water partition coefficient (Wildman–Crippen LogP) is 5.20. The molecule has 2 aromatic carbocycles. The number of hydrogen-bond acceptors (Lipinski definition) is 1. The van der Waals surface area contributed by atoms with Crippen LogP contribution < -0.4 is 4.74 Å². The largest absolute Gasteiger partial charge is 0.487 e. The molecule has 0 N–H and O–H groups in total. The Balaban J connectivity index is 2.21. The van der Waals surface area contributed by atoms with Crippen molar-refractivity contribution in [1.29, 1.82) is 0 Å². The molecule has 0 fully saturated rings. The van der Waals surface area contributed by atoms with E-state index in [9.17, 15) is 8.78 Å². The summed E-state index contributed by atoms with van der Waals surface area (Å²) in [4.78, 5) is 0. The summed E-state index contributed by atoms with van der Waals surface area (Å²) < 4.78 is 32.9. The van der Waals surface area contributed by atoms with E-state index >= 15 is 0 Å². The molecule has 0 aliphatic rings. The number of alkyl halides is 1. The minimum atomic E-state index is -0.479. The first kappa shape index (κ1) is 14.5. The molecule has 0 unspecified atom stereocenters. The number of benzene rings is 2. The summed E-state index contributed by atoms with van der Waals surface area (Å²) in [5, 5.41) is 0.618. The molecule has 0 saturated carbocycles. The molecule has 100 valence electrons. The zero-order valence-electron chi connectivity index (χ0n) is 9.80. The van der Waals surface area contributed by atoms with E-state index in [1.807, 2.05) is 18.2 Å². The minimum Gasteiger partial charge on any atom is -0.487 e. The molecular formula is C14H10Br2F2O. The number of halogens is 4. The molecule has 2 rings (SSSR count). The SMILES string of the molecule is Fc1ccc(F)c(COc2c(Br)cccc2CBr)c1. The van der Waals surface area contributed by atoms with Crippen molar-refractivity contribution in [3.63, 3.8) is 0 Å². The van der Waals surface area contributed by atoms with Crippen LogP contribution in [0.4, 0.5) is 8.78 Å². The maximum absolute atomic E-state index is 13.5. The van der Waals surface area contributed by atoms with Gasteiger partial charge in [0.1, 0.15) is 24.0 Å². The number of rotatable bonds is 4. The van der Waals surface area contributed by atoms with Gasteiger partial charge < -0.3 is 4.74 Å². The Morgan fingerprint density at radius 1 is 1.05 bits per heavy atom. The van der Waals surface area contributed by atoms with E-state index in [1.54, 1.807) is 0 Å². The number of hydrogen-bond donors (Lipinski definition) is 0. The van der Waals surface area contributed by atoms with Gasteiger partial charge in [0.15, 0.2) is 0 Å². The molecule has 2 aromatic rings. The molecule has 0 heterocycles. The summed E-state index contributed by atoms with van der Waals surface area (Å²) in [5.41, 5.74) is 1.13. The van der Waals surface area contributed by atoms with Crippen molar-refractivity contribution in [2.24, 2.45) is 0 Å². The van der Waals surface area contributed by atoms with Crippen LogP contribution in [0.1, 0.15) is 11.1 Å². The molecule has 0 aromatic heterocycles. The normalized spacial score (nSPS) is 10.5. The van der Waals surface area contributed by atoms with Crippen LogP contribution in [0.5, 0.6) is 5.75 Å². The first-order chi connectivity index (χ1) is 9.11. The smallest absolute Gasteiger partial charge is 0.138 e. The first-order valence-corrected chi connectivity index (χ1v) is 7.43. The molecule has 0 bridgehead atoms. The van der Waals surface area contributed by atoms with Gasteiger partial charge in [-0.25, -0.2) is 8.78 Å². The van der Waals surface area contributed by atoms with Gasteiger partial charge in [0.05, 0.1) is 4.47 Å². The third-order valence-corrected chi connectivity index (χ3v) is 3.80. The minimum absolute atomic E-state index is 0.0216. The Morgan fingerprint density at radius 2 is 1.84 bits per heavy atom. The third-order valence-electron chi connectivity index (χ3n) is 2.57. The van der Waals surface area contributed by atoms with Crippen molar-refractivity contribution >= 4 is 31.9 Å². The summed E-state index contributed by atoms with van der Waals surface area (Å²) in [6.45, 7) is -0.0216. The van der Waals surface area contributed by atoms with Crippen LogP contribution in [0.15, 0.2) is 40.9 Å². The van der Waals surface area contributed by atoms with E-state index in [2.05, 4.69) is 31.9 Å². The van der Waals surface area contributed by atoms with Crippen LogP contribution in [0.25, 0.3) is 0 Å². The average molecular weight is 392 g/mol. The van der Waals surface area contributed by atoms with Gasteiger partial charge in [-0.2, -0.15) is 0 Å². The van der Waals surface area contributed by atoms with Gasteiger partial charge in [-0.3, -0.25) is 0 Å². The van der Waals surface area contributed by atoms with Crippen LogP contribution in [0, 0.1) is 11.6 Å².